The Morgan fingerprint density at radius 3 is 2.62 bits per heavy atom. The summed E-state index contributed by atoms with van der Waals surface area (Å²) >= 11 is 0. The third-order valence-electron chi connectivity index (χ3n) is 3.61. The fraction of sp³-hybridized carbons (Fsp3) is 0.500. The molecule has 2 N–H and O–H groups in total. The third-order valence-corrected chi connectivity index (χ3v) is 5.15. The number of carboxylic acid groups (broad SMARTS) is 1. The number of nitrogens with zero attached hydrogens (tertiary/aromatic N) is 1. The van der Waals surface area contributed by atoms with Gasteiger partial charge >= 0.3 is 5.97 Å². The SMILES string of the molecule is CC1CCCN(S(=O)(=O)N[C@H](C(=O)O)c2ccccc2)C1. The largest absolute Gasteiger partial charge is 0.480 e. The molecule has 6 nitrogen and oxygen atoms in total. The predicted octanol–water partition coefficient (Wildman–Crippen LogP) is 1.38. The molecule has 2 atom stereocenters. The van der Waals surface area contributed by atoms with Gasteiger partial charge in [0.2, 0.25) is 0 Å². The van der Waals surface area contributed by atoms with Crippen molar-refractivity contribution in [1.82, 2.24) is 9.03 Å². The zero-order chi connectivity index (χ0) is 15.5. The van der Waals surface area contributed by atoms with E-state index in [1.807, 2.05) is 6.92 Å². The van der Waals surface area contributed by atoms with Crippen molar-refractivity contribution >= 4 is 16.2 Å². The van der Waals surface area contributed by atoms with E-state index in [-0.39, 0.29) is 5.92 Å². The lowest BCUT2D eigenvalue weighted by molar-refractivity contribution is -0.139. The minimum absolute atomic E-state index is 0.287. The highest BCUT2D eigenvalue weighted by molar-refractivity contribution is 7.87. The fourth-order valence-corrected chi connectivity index (χ4v) is 4.00. The van der Waals surface area contributed by atoms with E-state index in [0.717, 1.165) is 12.8 Å². The number of aliphatic carboxylic acids is 1. The number of hydrogen-bond acceptors (Lipinski definition) is 3. The van der Waals surface area contributed by atoms with Crippen LogP contribution in [0.5, 0.6) is 0 Å². The van der Waals surface area contributed by atoms with Gasteiger partial charge in [-0.15, -0.1) is 0 Å². The number of hydrogen-bond donors (Lipinski definition) is 2. The molecule has 1 fully saturated rings. The van der Waals surface area contributed by atoms with Crippen LogP contribution in [0.4, 0.5) is 0 Å². The van der Waals surface area contributed by atoms with E-state index in [2.05, 4.69) is 4.72 Å². The molecule has 0 amide bonds. The molecule has 0 aliphatic carbocycles. The van der Waals surface area contributed by atoms with Crippen LogP contribution in [-0.4, -0.2) is 36.9 Å². The summed E-state index contributed by atoms with van der Waals surface area (Å²) in [6.07, 6.45) is 1.79. The second kappa shape index (κ2) is 6.55. The van der Waals surface area contributed by atoms with Crippen LogP contribution < -0.4 is 4.72 Å². The summed E-state index contributed by atoms with van der Waals surface area (Å²) in [6, 6.07) is 7.04. The molecule has 0 saturated carbocycles. The maximum absolute atomic E-state index is 12.4. The molecular formula is C14H20N2O4S. The summed E-state index contributed by atoms with van der Waals surface area (Å²) in [5.74, 6) is -0.926. The molecule has 1 aromatic carbocycles. The minimum Gasteiger partial charge on any atom is -0.480 e. The van der Waals surface area contributed by atoms with Crippen molar-refractivity contribution in [2.75, 3.05) is 13.1 Å². The first-order valence-corrected chi connectivity index (χ1v) is 8.39. The zero-order valence-electron chi connectivity index (χ0n) is 11.9. The molecule has 1 heterocycles. The first-order valence-electron chi connectivity index (χ1n) is 6.95. The highest BCUT2D eigenvalue weighted by atomic mass is 32.2. The van der Waals surface area contributed by atoms with Crippen molar-refractivity contribution < 1.29 is 18.3 Å². The summed E-state index contributed by atoms with van der Waals surface area (Å²) in [5.41, 5.74) is 0.415. The summed E-state index contributed by atoms with van der Waals surface area (Å²) in [4.78, 5) is 11.4. The molecule has 2 rings (SSSR count). The van der Waals surface area contributed by atoms with Crippen molar-refractivity contribution in [1.29, 1.82) is 0 Å². The molecule has 0 radical (unpaired) electrons. The Kier molecular flexibility index (Phi) is 4.97. The van der Waals surface area contributed by atoms with E-state index >= 15 is 0 Å². The molecule has 1 aromatic rings. The van der Waals surface area contributed by atoms with E-state index in [4.69, 9.17) is 0 Å². The van der Waals surface area contributed by atoms with Crippen molar-refractivity contribution in [3.63, 3.8) is 0 Å². The van der Waals surface area contributed by atoms with Crippen LogP contribution in [0.15, 0.2) is 30.3 Å². The monoisotopic (exact) mass is 312 g/mol. The van der Waals surface area contributed by atoms with Gasteiger partial charge in [0.05, 0.1) is 0 Å². The minimum atomic E-state index is -3.81. The van der Waals surface area contributed by atoms with E-state index < -0.39 is 22.2 Å². The smallest absolute Gasteiger partial charge is 0.326 e. The number of carboxylic acids is 1. The Balaban J connectivity index is 2.18. The van der Waals surface area contributed by atoms with E-state index in [9.17, 15) is 18.3 Å². The first kappa shape index (κ1) is 15.9. The van der Waals surface area contributed by atoms with Gasteiger partial charge in [-0.2, -0.15) is 17.4 Å². The van der Waals surface area contributed by atoms with Gasteiger partial charge in [0.15, 0.2) is 0 Å². The standard InChI is InChI=1S/C14H20N2O4S/c1-11-6-5-9-16(10-11)21(19,20)15-13(14(17)18)12-7-3-2-4-8-12/h2-4,7-8,11,13,15H,5-6,9-10H2,1H3,(H,17,18)/t11?,13-/m0/s1. The van der Waals surface area contributed by atoms with Gasteiger partial charge in [-0.05, 0) is 24.3 Å². The summed E-state index contributed by atoms with van der Waals surface area (Å²) in [6.45, 7) is 2.85. The molecule has 1 saturated heterocycles. The Morgan fingerprint density at radius 1 is 1.38 bits per heavy atom. The molecule has 1 aliphatic heterocycles. The highest BCUT2D eigenvalue weighted by Gasteiger charge is 2.32. The summed E-state index contributed by atoms with van der Waals surface area (Å²) in [7, 11) is -3.81. The Hall–Kier alpha value is -1.44. The highest BCUT2D eigenvalue weighted by Crippen LogP contribution is 2.20. The number of rotatable bonds is 5. The number of benzene rings is 1. The molecule has 1 unspecified atom stereocenters. The van der Waals surface area contributed by atoms with Crippen molar-refractivity contribution in [3.05, 3.63) is 35.9 Å². The van der Waals surface area contributed by atoms with Gasteiger partial charge in [-0.3, -0.25) is 4.79 Å². The topological polar surface area (TPSA) is 86.7 Å². The maximum Gasteiger partial charge on any atom is 0.326 e. The van der Waals surface area contributed by atoms with Gasteiger partial charge in [-0.1, -0.05) is 37.3 Å². The van der Waals surface area contributed by atoms with Gasteiger partial charge in [0.1, 0.15) is 6.04 Å². The second-order valence-electron chi connectivity index (χ2n) is 5.41. The lowest BCUT2D eigenvalue weighted by atomic mass is 10.0. The lowest BCUT2D eigenvalue weighted by Crippen LogP contribution is -2.47. The number of piperidine rings is 1. The normalized spacial score (nSPS) is 21.9. The van der Waals surface area contributed by atoms with Crippen LogP contribution in [0.1, 0.15) is 31.4 Å². The van der Waals surface area contributed by atoms with Gasteiger partial charge in [-0.25, -0.2) is 0 Å². The van der Waals surface area contributed by atoms with E-state index in [1.165, 1.54) is 4.31 Å². The number of nitrogens with one attached hydrogen (secondary N) is 1. The molecule has 116 valence electrons. The zero-order valence-corrected chi connectivity index (χ0v) is 12.7. The van der Waals surface area contributed by atoms with Gasteiger partial charge in [0, 0.05) is 13.1 Å². The molecular weight excluding hydrogens is 292 g/mol. The molecule has 0 aromatic heterocycles. The molecule has 7 heteroatoms. The summed E-state index contributed by atoms with van der Waals surface area (Å²) in [5, 5.41) is 9.29. The third kappa shape index (κ3) is 4.03. The average molecular weight is 312 g/mol. The number of carbonyl (C=O) groups is 1. The van der Waals surface area contributed by atoms with Crippen LogP contribution >= 0.6 is 0 Å². The Bertz CT molecular complexity index is 588. The van der Waals surface area contributed by atoms with Crippen LogP contribution in [0, 0.1) is 5.92 Å². The van der Waals surface area contributed by atoms with Crippen LogP contribution in [0.25, 0.3) is 0 Å². The molecule has 21 heavy (non-hydrogen) atoms. The van der Waals surface area contributed by atoms with E-state index in [0.29, 0.717) is 18.7 Å². The lowest BCUT2D eigenvalue weighted by Gasteiger charge is -2.31. The Labute approximate surface area is 125 Å². The second-order valence-corrected chi connectivity index (χ2v) is 7.11. The van der Waals surface area contributed by atoms with Crippen LogP contribution in [0.3, 0.4) is 0 Å². The molecule has 0 spiro atoms. The quantitative estimate of drug-likeness (QED) is 0.860. The van der Waals surface area contributed by atoms with Crippen molar-refractivity contribution in [3.8, 4) is 0 Å². The van der Waals surface area contributed by atoms with Crippen LogP contribution in [-0.2, 0) is 15.0 Å². The van der Waals surface area contributed by atoms with Crippen molar-refractivity contribution in [2.45, 2.75) is 25.8 Å². The predicted molar refractivity (Wildman–Crippen MR) is 78.8 cm³/mol. The molecule has 1 aliphatic rings. The first-order chi connectivity index (χ1) is 9.90. The summed E-state index contributed by atoms with van der Waals surface area (Å²) < 4.78 is 28.4. The fourth-order valence-electron chi connectivity index (χ4n) is 2.49. The maximum atomic E-state index is 12.4. The van der Waals surface area contributed by atoms with Crippen molar-refractivity contribution in [2.24, 2.45) is 5.92 Å². The van der Waals surface area contributed by atoms with Gasteiger partial charge < -0.3 is 5.11 Å². The average Bonchev–Trinajstić information content (AvgIpc) is 2.45. The van der Waals surface area contributed by atoms with Gasteiger partial charge in [0.25, 0.3) is 10.2 Å². The van der Waals surface area contributed by atoms with E-state index in [1.54, 1.807) is 30.3 Å². The Morgan fingerprint density at radius 2 is 2.05 bits per heavy atom. The van der Waals surface area contributed by atoms with Crippen LogP contribution in [0.2, 0.25) is 0 Å². The molecule has 0 bridgehead atoms.